The Kier molecular flexibility index (Phi) is 4.01. The molecule has 0 saturated heterocycles. The van der Waals surface area contributed by atoms with E-state index < -0.39 is 11.9 Å². The fourth-order valence-electron chi connectivity index (χ4n) is 1.59. The van der Waals surface area contributed by atoms with Crippen LogP contribution in [0.1, 0.15) is 17.2 Å². The lowest BCUT2D eigenvalue weighted by atomic mass is 10.0. The Balaban J connectivity index is 2.47. The molecule has 0 spiro atoms. The number of aliphatic hydroxyl groups excluding tert-OH is 1. The lowest BCUT2D eigenvalue weighted by Gasteiger charge is -2.14. The highest BCUT2D eigenvalue weighted by molar-refractivity contribution is 14.1. The summed E-state index contributed by atoms with van der Waals surface area (Å²) < 4.78 is 14.4. The smallest absolute Gasteiger partial charge is 0.129 e. The van der Waals surface area contributed by atoms with Crippen LogP contribution in [0.2, 0.25) is 5.02 Å². The Morgan fingerprint density at radius 2 is 1.82 bits per heavy atom. The zero-order valence-corrected chi connectivity index (χ0v) is 11.6. The maximum atomic E-state index is 13.6. The first kappa shape index (κ1) is 12.8. The van der Waals surface area contributed by atoms with Crippen LogP contribution in [-0.4, -0.2) is 5.11 Å². The summed E-state index contributed by atoms with van der Waals surface area (Å²) in [6.45, 7) is 0. The van der Waals surface area contributed by atoms with Crippen molar-refractivity contribution in [1.29, 1.82) is 0 Å². The lowest BCUT2D eigenvalue weighted by Crippen LogP contribution is -2.04. The second-order valence-electron chi connectivity index (χ2n) is 3.59. The van der Waals surface area contributed by atoms with E-state index in [4.69, 9.17) is 11.6 Å². The van der Waals surface area contributed by atoms with Crippen molar-refractivity contribution in [3.8, 4) is 0 Å². The van der Waals surface area contributed by atoms with Gasteiger partial charge in [0.05, 0.1) is 0 Å². The first-order chi connectivity index (χ1) is 8.09. The van der Waals surface area contributed by atoms with E-state index in [2.05, 4.69) is 22.6 Å². The van der Waals surface area contributed by atoms with Crippen LogP contribution in [0.3, 0.4) is 0 Å². The molecule has 17 heavy (non-hydrogen) atoms. The maximum absolute atomic E-state index is 13.6. The van der Waals surface area contributed by atoms with E-state index in [0.29, 0.717) is 10.6 Å². The molecule has 0 amide bonds. The topological polar surface area (TPSA) is 20.2 Å². The Labute approximate surface area is 117 Å². The van der Waals surface area contributed by atoms with E-state index in [9.17, 15) is 9.50 Å². The largest absolute Gasteiger partial charge is 0.384 e. The molecule has 0 bridgehead atoms. The van der Waals surface area contributed by atoms with Crippen LogP contribution < -0.4 is 0 Å². The van der Waals surface area contributed by atoms with Gasteiger partial charge in [0.15, 0.2) is 0 Å². The van der Waals surface area contributed by atoms with Crippen molar-refractivity contribution >= 4 is 34.2 Å². The van der Waals surface area contributed by atoms with Crippen LogP contribution in [0.15, 0.2) is 42.5 Å². The van der Waals surface area contributed by atoms with Gasteiger partial charge in [0.25, 0.3) is 0 Å². The van der Waals surface area contributed by atoms with Crippen LogP contribution in [0, 0.1) is 9.39 Å². The normalized spacial score (nSPS) is 12.5. The third-order valence-corrected chi connectivity index (χ3v) is 3.67. The molecule has 2 rings (SSSR count). The number of benzene rings is 2. The molecule has 1 atom stereocenters. The molecule has 2 aromatic rings. The van der Waals surface area contributed by atoms with Gasteiger partial charge in [-0.2, -0.15) is 0 Å². The number of halogens is 3. The lowest BCUT2D eigenvalue weighted by molar-refractivity contribution is 0.214. The van der Waals surface area contributed by atoms with Crippen molar-refractivity contribution in [2.45, 2.75) is 6.10 Å². The molecule has 0 aliphatic carbocycles. The second kappa shape index (κ2) is 5.33. The first-order valence-electron chi connectivity index (χ1n) is 4.97. The van der Waals surface area contributed by atoms with Gasteiger partial charge in [-0.15, -0.1) is 0 Å². The number of aliphatic hydroxyl groups is 1. The minimum absolute atomic E-state index is 0.257. The van der Waals surface area contributed by atoms with Crippen LogP contribution in [0.4, 0.5) is 4.39 Å². The summed E-state index contributed by atoms with van der Waals surface area (Å²) in [5, 5.41) is 10.7. The number of hydrogen-bond acceptors (Lipinski definition) is 1. The summed E-state index contributed by atoms with van der Waals surface area (Å²) in [5.41, 5.74) is 0.871. The van der Waals surface area contributed by atoms with E-state index in [1.807, 2.05) is 0 Å². The van der Waals surface area contributed by atoms with Crippen molar-refractivity contribution in [3.05, 3.63) is 68.0 Å². The van der Waals surface area contributed by atoms with Gasteiger partial charge >= 0.3 is 0 Å². The standard InChI is InChI=1S/C13H9ClFIO/c14-8-5-6-12(16)10(7-8)13(17)9-3-1-2-4-11(9)15/h1-7,13,17H. The minimum Gasteiger partial charge on any atom is -0.384 e. The quantitative estimate of drug-likeness (QED) is 0.795. The van der Waals surface area contributed by atoms with E-state index in [1.165, 1.54) is 6.07 Å². The summed E-state index contributed by atoms with van der Waals surface area (Å²) in [4.78, 5) is 0. The number of hydrogen-bond donors (Lipinski definition) is 1. The number of rotatable bonds is 2. The van der Waals surface area contributed by atoms with Crippen LogP contribution >= 0.6 is 34.2 Å². The van der Waals surface area contributed by atoms with Gasteiger partial charge in [0.1, 0.15) is 11.9 Å². The molecular weight excluding hydrogens is 353 g/mol. The van der Waals surface area contributed by atoms with Gasteiger partial charge in [-0.1, -0.05) is 29.8 Å². The molecule has 4 heteroatoms. The van der Waals surface area contributed by atoms with Gasteiger partial charge in [0.2, 0.25) is 0 Å². The molecular formula is C13H9ClFIO. The predicted octanol–water partition coefficient (Wildman–Crippen LogP) is 4.17. The zero-order chi connectivity index (χ0) is 12.4. The minimum atomic E-state index is -0.998. The maximum Gasteiger partial charge on any atom is 0.129 e. The van der Waals surface area contributed by atoms with Crippen LogP contribution in [0.5, 0.6) is 0 Å². The van der Waals surface area contributed by atoms with Crippen molar-refractivity contribution in [1.82, 2.24) is 0 Å². The van der Waals surface area contributed by atoms with Crippen molar-refractivity contribution in [3.63, 3.8) is 0 Å². The molecule has 0 heterocycles. The second-order valence-corrected chi connectivity index (χ2v) is 5.19. The van der Waals surface area contributed by atoms with Crippen LogP contribution in [-0.2, 0) is 0 Å². The highest BCUT2D eigenvalue weighted by Gasteiger charge is 2.17. The molecule has 88 valence electrons. The molecule has 2 aromatic carbocycles. The zero-order valence-electron chi connectivity index (χ0n) is 8.70. The SMILES string of the molecule is OC(c1ccccc1F)c1cc(Cl)ccc1I. The van der Waals surface area contributed by atoms with Crippen LogP contribution in [0.25, 0.3) is 0 Å². The molecule has 1 N–H and O–H groups in total. The summed E-state index contributed by atoms with van der Waals surface area (Å²) in [6, 6.07) is 11.4. The van der Waals surface area contributed by atoms with E-state index in [0.717, 1.165) is 3.57 Å². The molecule has 0 aromatic heterocycles. The highest BCUT2D eigenvalue weighted by atomic mass is 127. The van der Waals surface area contributed by atoms with E-state index in [-0.39, 0.29) is 5.56 Å². The van der Waals surface area contributed by atoms with Crippen molar-refractivity contribution < 1.29 is 9.50 Å². The summed E-state index contributed by atoms with van der Waals surface area (Å²) in [6.07, 6.45) is -0.998. The highest BCUT2D eigenvalue weighted by Crippen LogP contribution is 2.29. The Morgan fingerprint density at radius 1 is 1.12 bits per heavy atom. The molecule has 1 unspecified atom stereocenters. The third kappa shape index (κ3) is 2.78. The fraction of sp³-hybridized carbons (Fsp3) is 0.0769. The van der Waals surface area contributed by atoms with Gasteiger partial charge in [-0.3, -0.25) is 0 Å². The molecule has 0 aliphatic heterocycles. The van der Waals surface area contributed by atoms with E-state index >= 15 is 0 Å². The molecule has 0 fully saturated rings. The summed E-state index contributed by atoms with van der Waals surface area (Å²) in [7, 11) is 0. The molecule has 1 nitrogen and oxygen atoms in total. The fourth-order valence-corrected chi connectivity index (χ4v) is 2.40. The third-order valence-electron chi connectivity index (χ3n) is 2.45. The average Bonchev–Trinajstić information content (AvgIpc) is 2.32. The molecule has 0 aliphatic rings. The Bertz CT molecular complexity index is 545. The predicted molar refractivity (Wildman–Crippen MR) is 74.6 cm³/mol. The van der Waals surface area contributed by atoms with Crippen molar-refractivity contribution in [2.75, 3.05) is 0 Å². The molecule has 0 radical (unpaired) electrons. The van der Waals surface area contributed by atoms with Gasteiger partial charge in [-0.25, -0.2) is 4.39 Å². The average molecular weight is 363 g/mol. The first-order valence-corrected chi connectivity index (χ1v) is 6.42. The Hall–Kier alpha value is -0.650. The summed E-state index contributed by atoms with van der Waals surface area (Å²) >= 11 is 7.97. The van der Waals surface area contributed by atoms with E-state index in [1.54, 1.807) is 36.4 Å². The van der Waals surface area contributed by atoms with Crippen molar-refractivity contribution in [2.24, 2.45) is 0 Å². The summed E-state index contributed by atoms with van der Waals surface area (Å²) in [5.74, 6) is -0.421. The van der Waals surface area contributed by atoms with Gasteiger partial charge in [-0.05, 0) is 52.4 Å². The monoisotopic (exact) mass is 362 g/mol. The molecule has 0 saturated carbocycles. The van der Waals surface area contributed by atoms with Gasteiger partial charge in [0, 0.05) is 14.2 Å². The van der Waals surface area contributed by atoms with Gasteiger partial charge < -0.3 is 5.11 Å². The Morgan fingerprint density at radius 3 is 2.53 bits per heavy atom.